The molecule has 0 aliphatic carbocycles. The molecule has 0 fully saturated rings. The zero-order valence-corrected chi connectivity index (χ0v) is 17.1. The zero-order valence-electron chi connectivity index (χ0n) is 16.4. The van der Waals surface area contributed by atoms with E-state index in [4.69, 9.17) is 16.1 Å². The van der Waals surface area contributed by atoms with Gasteiger partial charge in [-0.2, -0.15) is 4.98 Å². The second-order valence-corrected chi connectivity index (χ2v) is 7.33. The van der Waals surface area contributed by atoms with Gasteiger partial charge < -0.3 is 9.42 Å². The molecule has 0 bridgehead atoms. The second kappa shape index (κ2) is 9.02. The Balaban J connectivity index is 1.71. The van der Waals surface area contributed by atoms with E-state index in [-0.39, 0.29) is 11.9 Å². The Morgan fingerprint density at radius 2 is 1.82 bits per heavy atom. The monoisotopic (exact) mass is 397 g/mol. The van der Waals surface area contributed by atoms with Crippen molar-refractivity contribution in [3.05, 3.63) is 70.6 Å². The number of halogens is 1. The minimum Gasteiger partial charge on any atom is -0.339 e. The number of nitrogens with zero attached hydrogens (tertiary/aromatic N) is 3. The van der Waals surface area contributed by atoms with Crippen molar-refractivity contribution in [1.29, 1.82) is 0 Å². The lowest BCUT2D eigenvalue weighted by Crippen LogP contribution is -2.39. The van der Waals surface area contributed by atoms with Gasteiger partial charge in [0.1, 0.15) is 0 Å². The van der Waals surface area contributed by atoms with Crippen LogP contribution in [0.4, 0.5) is 0 Å². The van der Waals surface area contributed by atoms with Crippen molar-refractivity contribution >= 4 is 17.5 Å². The molecule has 0 unspecified atom stereocenters. The molecule has 2 aromatic carbocycles. The van der Waals surface area contributed by atoms with Crippen LogP contribution < -0.4 is 0 Å². The summed E-state index contributed by atoms with van der Waals surface area (Å²) < 4.78 is 5.38. The van der Waals surface area contributed by atoms with E-state index in [1.54, 1.807) is 12.1 Å². The van der Waals surface area contributed by atoms with Gasteiger partial charge >= 0.3 is 0 Å². The fraction of sp³-hybridized carbons (Fsp3) is 0.318. The SMILES string of the molecule is CC[C@H](C)N(CCc1nc(-c2ccc(Cl)cc2)no1)C(=O)c1ccc(C)cc1. The molecule has 0 N–H and O–H groups in total. The predicted octanol–water partition coefficient (Wildman–Crippen LogP) is 5.18. The third kappa shape index (κ3) is 4.78. The maximum Gasteiger partial charge on any atom is 0.254 e. The highest BCUT2D eigenvalue weighted by atomic mass is 35.5. The number of rotatable bonds is 7. The lowest BCUT2D eigenvalue weighted by Gasteiger charge is -2.28. The van der Waals surface area contributed by atoms with Crippen LogP contribution in [0.1, 0.15) is 42.1 Å². The molecular weight excluding hydrogens is 374 g/mol. The Morgan fingerprint density at radius 1 is 1.14 bits per heavy atom. The number of amides is 1. The van der Waals surface area contributed by atoms with Gasteiger partial charge in [-0.05, 0) is 56.7 Å². The number of carbonyl (C=O) groups is 1. The first kappa shape index (κ1) is 20.1. The van der Waals surface area contributed by atoms with Crippen LogP contribution in [0.25, 0.3) is 11.4 Å². The Morgan fingerprint density at radius 3 is 2.46 bits per heavy atom. The van der Waals surface area contributed by atoms with Crippen molar-refractivity contribution in [3.8, 4) is 11.4 Å². The minimum absolute atomic E-state index is 0.0202. The molecule has 1 amide bonds. The van der Waals surface area contributed by atoms with Crippen molar-refractivity contribution in [2.45, 2.75) is 39.7 Å². The average Bonchev–Trinajstić information content (AvgIpc) is 3.17. The largest absolute Gasteiger partial charge is 0.339 e. The standard InChI is InChI=1S/C22H24ClN3O2/c1-4-16(3)26(22(27)18-7-5-15(2)6-8-18)14-13-20-24-21(25-28-20)17-9-11-19(23)12-10-17/h5-12,16H,4,13-14H2,1-3H3/t16-/m0/s1. The number of carbonyl (C=O) groups excluding carboxylic acids is 1. The van der Waals surface area contributed by atoms with Crippen LogP contribution in [-0.2, 0) is 6.42 Å². The van der Waals surface area contributed by atoms with Gasteiger partial charge in [0.25, 0.3) is 5.91 Å². The smallest absolute Gasteiger partial charge is 0.254 e. The summed E-state index contributed by atoms with van der Waals surface area (Å²) in [6.07, 6.45) is 1.37. The molecule has 0 aliphatic heterocycles. The molecule has 0 spiro atoms. The molecule has 1 atom stereocenters. The maximum absolute atomic E-state index is 13.0. The summed E-state index contributed by atoms with van der Waals surface area (Å²) in [7, 11) is 0. The average molecular weight is 398 g/mol. The molecular formula is C22H24ClN3O2. The summed E-state index contributed by atoms with van der Waals surface area (Å²) >= 11 is 5.92. The van der Waals surface area contributed by atoms with Gasteiger partial charge in [-0.1, -0.05) is 41.4 Å². The van der Waals surface area contributed by atoms with Crippen LogP contribution in [0.3, 0.4) is 0 Å². The van der Waals surface area contributed by atoms with E-state index in [1.165, 1.54) is 0 Å². The van der Waals surface area contributed by atoms with Crippen molar-refractivity contribution in [1.82, 2.24) is 15.0 Å². The van der Waals surface area contributed by atoms with Gasteiger partial charge in [0.2, 0.25) is 11.7 Å². The molecule has 0 radical (unpaired) electrons. The lowest BCUT2D eigenvalue weighted by molar-refractivity contribution is 0.0686. The van der Waals surface area contributed by atoms with Crippen LogP contribution in [0.15, 0.2) is 53.1 Å². The first-order chi connectivity index (χ1) is 13.5. The van der Waals surface area contributed by atoms with Gasteiger partial charge in [0.15, 0.2) is 0 Å². The molecule has 6 heteroatoms. The second-order valence-electron chi connectivity index (χ2n) is 6.89. The summed E-state index contributed by atoms with van der Waals surface area (Å²) in [5.74, 6) is 1.05. The van der Waals surface area contributed by atoms with Gasteiger partial charge in [0.05, 0.1) is 0 Å². The Hall–Kier alpha value is -2.66. The van der Waals surface area contributed by atoms with E-state index in [1.807, 2.05) is 48.2 Å². The summed E-state index contributed by atoms with van der Waals surface area (Å²) in [6, 6.07) is 15.1. The highest BCUT2D eigenvalue weighted by Crippen LogP contribution is 2.19. The summed E-state index contributed by atoms with van der Waals surface area (Å²) in [4.78, 5) is 19.3. The lowest BCUT2D eigenvalue weighted by atomic mass is 10.1. The van der Waals surface area contributed by atoms with Crippen LogP contribution in [0, 0.1) is 6.92 Å². The molecule has 146 valence electrons. The number of hydrogen-bond acceptors (Lipinski definition) is 4. The molecule has 3 aromatic rings. The maximum atomic E-state index is 13.0. The van der Waals surface area contributed by atoms with Crippen LogP contribution in [-0.4, -0.2) is 33.5 Å². The first-order valence-corrected chi connectivity index (χ1v) is 9.82. The highest BCUT2D eigenvalue weighted by molar-refractivity contribution is 6.30. The molecule has 0 saturated carbocycles. The van der Waals surface area contributed by atoms with Gasteiger partial charge in [0, 0.05) is 35.2 Å². The van der Waals surface area contributed by atoms with Crippen LogP contribution in [0.2, 0.25) is 5.02 Å². The third-order valence-corrected chi connectivity index (χ3v) is 5.07. The Labute approximate surface area is 170 Å². The van der Waals surface area contributed by atoms with Crippen LogP contribution >= 0.6 is 11.6 Å². The molecule has 28 heavy (non-hydrogen) atoms. The number of hydrogen-bond donors (Lipinski definition) is 0. The topological polar surface area (TPSA) is 59.2 Å². The van der Waals surface area contributed by atoms with Crippen molar-refractivity contribution in [2.24, 2.45) is 0 Å². The van der Waals surface area contributed by atoms with E-state index in [0.29, 0.717) is 35.3 Å². The van der Waals surface area contributed by atoms with E-state index in [0.717, 1.165) is 17.5 Å². The molecule has 0 aliphatic rings. The summed E-state index contributed by atoms with van der Waals surface area (Å²) in [6.45, 7) is 6.66. The first-order valence-electron chi connectivity index (χ1n) is 9.44. The summed E-state index contributed by atoms with van der Waals surface area (Å²) in [5, 5.41) is 4.70. The molecule has 5 nitrogen and oxygen atoms in total. The Bertz CT molecular complexity index is 920. The van der Waals surface area contributed by atoms with E-state index in [9.17, 15) is 4.79 Å². The molecule has 0 saturated heterocycles. The Kier molecular flexibility index (Phi) is 6.47. The highest BCUT2D eigenvalue weighted by Gasteiger charge is 2.21. The van der Waals surface area contributed by atoms with Crippen molar-refractivity contribution in [2.75, 3.05) is 6.54 Å². The number of benzene rings is 2. The van der Waals surface area contributed by atoms with Crippen molar-refractivity contribution in [3.63, 3.8) is 0 Å². The number of aryl methyl sites for hydroxylation is 1. The molecule has 3 rings (SSSR count). The third-order valence-electron chi connectivity index (χ3n) is 4.82. The predicted molar refractivity (Wildman–Crippen MR) is 110 cm³/mol. The minimum atomic E-state index is 0.0202. The fourth-order valence-electron chi connectivity index (χ4n) is 2.89. The zero-order chi connectivity index (χ0) is 20.1. The van der Waals surface area contributed by atoms with Crippen LogP contribution in [0.5, 0.6) is 0 Å². The van der Waals surface area contributed by atoms with E-state index in [2.05, 4.69) is 24.0 Å². The normalized spacial score (nSPS) is 12.0. The van der Waals surface area contributed by atoms with E-state index < -0.39 is 0 Å². The molecule has 1 aromatic heterocycles. The van der Waals surface area contributed by atoms with Gasteiger partial charge in [-0.25, -0.2) is 0 Å². The fourth-order valence-corrected chi connectivity index (χ4v) is 3.02. The van der Waals surface area contributed by atoms with E-state index >= 15 is 0 Å². The van der Waals surface area contributed by atoms with Gasteiger partial charge in [-0.3, -0.25) is 4.79 Å². The van der Waals surface area contributed by atoms with Crippen molar-refractivity contribution < 1.29 is 9.32 Å². The quantitative estimate of drug-likeness (QED) is 0.551. The summed E-state index contributed by atoms with van der Waals surface area (Å²) in [5.41, 5.74) is 2.67. The number of aromatic nitrogens is 2. The molecule has 1 heterocycles. The van der Waals surface area contributed by atoms with Gasteiger partial charge in [-0.15, -0.1) is 0 Å².